The van der Waals surface area contributed by atoms with Crippen molar-refractivity contribution >= 4 is 0 Å². The summed E-state index contributed by atoms with van der Waals surface area (Å²) in [6.07, 6.45) is 16.6. The van der Waals surface area contributed by atoms with Crippen LogP contribution >= 0.6 is 0 Å². The fourth-order valence-electron chi connectivity index (χ4n) is 9.84. The molecule has 0 spiro atoms. The lowest BCUT2D eigenvalue weighted by molar-refractivity contribution is -0.129. The molecule has 2 heteroatoms. The average molecular weight is 417 g/mol. The van der Waals surface area contributed by atoms with Crippen molar-refractivity contribution in [2.45, 2.75) is 123 Å². The van der Waals surface area contributed by atoms with Gasteiger partial charge in [-0.3, -0.25) is 0 Å². The topological polar surface area (TPSA) is 40.5 Å². The minimum atomic E-state index is -0.413. The number of rotatable bonds is 5. The second kappa shape index (κ2) is 7.47. The van der Waals surface area contributed by atoms with Crippen molar-refractivity contribution in [3.8, 4) is 0 Å². The van der Waals surface area contributed by atoms with E-state index >= 15 is 0 Å². The van der Waals surface area contributed by atoms with Gasteiger partial charge >= 0.3 is 0 Å². The Labute approximate surface area is 185 Å². The minimum absolute atomic E-state index is 0.0296. The fraction of sp³-hybridized carbons (Fsp3) is 1.00. The number of hydrogen-bond acceptors (Lipinski definition) is 2. The molecule has 30 heavy (non-hydrogen) atoms. The quantitative estimate of drug-likeness (QED) is 0.531. The molecule has 0 heterocycles. The highest BCUT2D eigenvalue weighted by molar-refractivity contribution is 5.09. The van der Waals surface area contributed by atoms with E-state index in [-0.39, 0.29) is 6.10 Å². The molecule has 2 nitrogen and oxygen atoms in total. The van der Waals surface area contributed by atoms with Crippen LogP contribution in [0.5, 0.6) is 0 Å². The van der Waals surface area contributed by atoms with Crippen LogP contribution in [0.15, 0.2) is 0 Å². The van der Waals surface area contributed by atoms with E-state index < -0.39 is 5.60 Å². The van der Waals surface area contributed by atoms with E-state index in [2.05, 4.69) is 27.7 Å². The van der Waals surface area contributed by atoms with Gasteiger partial charge in [0.25, 0.3) is 0 Å². The van der Waals surface area contributed by atoms with Crippen molar-refractivity contribution in [3.05, 3.63) is 0 Å². The van der Waals surface area contributed by atoms with Crippen molar-refractivity contribution in [3.63, 3.8) is 0 Å². The Bertz CT molecular complexity index is 639. The molecule has 172 valence electrons. The third-order valence-corrected chi connectivity index (χ3v) is 12.0. The van der Waals surface area contributed by atoms with Gasteiger partial charge in [-0.05, 0) is 143 Å². The van der Waals surface area contributed by atoms with Crippen LogP contribution in [0.4, 0.5) is 0 Å². The summed E-state index contributed by atoms with van der Waals surface area (Å²) in [6.45, 7) is 9.88. The predicted molar refractivity (Wildman–Crippen MR) is 123 cm³/mol. The number of fused-ring (bicyclic) bond motifs is 5. The molecule has 0 radical (unpaired) electrons. The largest absolute Gasteiger partial charge is 0.393 e. The highest BCUT2D eigenvalue weighted by Crippen LogP contribution is 2.68. The second-order valence-electron chi connectivity index (χ2n) is 13.5. The van der Waals surface area contributed by atoms with Crippen molar-refractivity contribution in [1.29, 1.82) is 0 Å². The van der Waals surface area contributed by atoms with Gasteiger partial charge in [-0.2, -0.15) is 0 Å². The number of hydrogen-bond donors (Lipinski definition) is 2. The first-order valence-corrected chi connectivity index (χ1v) is 13.6. The summed E-state index contributed by atoms with van der Waals surface area (Å²) < 4.78 is 0. The number of aliphatic hydroxyl groups excluding tert-OH is 1. The van der Waals surface area contributed by atoms with E-state index in [0.29, 0.717) is 16.7 Å². The predicted octanol–water partition coefficient (Wildman–Crippen LogP) is 6.58. The van der Waals surface area contributed by atoms with Crippen LogP contribution in [0.2, 0.25) is 0 Å². The Morgan fingerprint density at radius 1 is 0.900 bits per heavy atom. The highest BCUT2D eigenvalue weighted by atomic mass is 16.3. The van der Waals surface area contributed by atoms with Gasteiger partial charge < -0.3 is 10.2 Å². The van der Waals surface area contributed by atoms with Gasteiger partial charge in [0.1, 0.15) is 0 Å². The summed E-state index contributed by atoms with van der Waals surface area (Å²) in [6, 6.07) is 0. The van der Waals surface area contributed by atoms with E-state index in [4.69, 9.17) is 0 Å². The molecule has 0 aromatic heterocycles. The average Bonchev–Trinajstić information content (AvgIpc) is 3.49. The standard InChI is InChI=1S/C28H48O2/c1-18(11-16-28(4,30)19-5-6-19)23-9-10-24-22-8-7-20-17-21(29)12-14-26(20,2)25(22)13-15-27(23,24)3/h18-25,29-30H,5-17H2,1-4H3/t18-,20?,21+,22+,23-,24?,25?,26+,27-,28?/m1/s1. The molecular formula is C28H48O2. The monoisotopic (exact) mass is 416 g/mol. The smallest absolute Gasteiger partial charge is 0.0647 e. The number of aliphatic hydroxyl groups is 2. The van der Waals surface area contributed by atoms with Crippen molar-refractivity contribution in [1.82, 2.24) is 0 Å². The van der Waals surface area contributed by atoms with Crippen LogP contribution < -0.4 is 0 Å². The maximum absolute atomic E-state index is 10.8. The van der Waals surface area contributed by atoms with Crippen molar-refractivity contribution in [2.75, 3.05) is 0 Å². The summed E-state index contributed by atoms with van der Waals surface area (Å²) in [5.41, 5.74) is 0.614. The zero-order valence-electron chi connectivity index (χ0n) is 20.2. The molecule has 0 aliphatic heterocycles. The third kappa shape index (κ3) is 3.42. The lowest BCUT2D eigenvalue weighted by atomic mass is 9.44. The van der Waals surface area contributed by atoms with Gasteiger partial charge in [0.15, 0.2) is 0 Å². The molecule has 4 unspecified atom stereocenters. The first kappa shape index (κ1) is 21.7. The Morgan fingerprint density at radius 3 is 2.33 bits per heavy atom. The van der Waals surface area contributed by atoms with E-state index in [1.165, 1.54) is 64.2 Å². The summed E-state index contributed by atoms with van der Waals surface area (Å²) in [4.78, 5) is 0. The third-order valence-electron chi connectivity index (χ3n) is 12.0. The Kier molecular flexibility index (Phi) is 5.42. The summed E-state index contributed by atoms with van der Waals surface area (Å²) in [5.74, 6) is 5.73. The molecular weight excluding hydrogens is 368 g/mol. The van der Waals surface area contributed by atoms with E-state index in [9.17, 15) is 10.2 Å². The van der Waals surface area contributed by atoms with Crippen molar-refractivity contribution in [2.24, 2.45) is 52.3 Å². The lowest BCUT2D eigenvalue weighted by Crippen LogP contribution is -2.54. The normalized spacial score (nSPS) is 51.4. The lowest BCUT2D eigenvalue weighted by Gasteiger charge is -2.61. The van der Waals surface area contributed by atoms with Gasteiger partial charge in [0.05, 0.1) is 11.7 Å². The SMILES string of the molecule is C[C@H](CCC(C)(O)C1CC1)[C@H]1CCC2[C@@H]3CCC4C[C@@H](O)CC[C@]4(C)C3CC[C@@]21C. The summed E-state index contributed by atoms with van der Waals surface area (Å²) in [5, 5.41) is 21.1. The zero-order valence-corrected chi connectivity index (χ0v) is 20.2. The molecule has 0 aromatic rings. The Morgan fingerprint density at radius 2 is 1.60 bits per heavy atom. The van der Waals surface area contributed by atoms with Gasteiger partial charge in [-0.15, -0.1) is 0 Å². The van der Waals surface area contributed by atoms with Crippen LogP contribution in [0, 0.1) is 52.3 Å². The molecule has 0 aromatic carbocycles. The highest BCUT2D eigenvalue weighted by Gasteiger charge is 2.60. The molecule has 0 amide bonds. The van der Waals surface area contributed by atoms with Gasteiger partial charge in [-0.25, -0.2) is 0 Å². The van der Waals surface area contributed by atoms with Crippen molar-refractivity contribution < 1.29 is 10.2 Å². The maximum Gasteiger partial charge on any atom is 0.0647 e. The molecule has 5 fully saturated rings. The molecule has 10 atom stereocenters. The Balaban J connectivity index is 1.28. The molecule has 0 saturated heterocycles. The van der Waals surface area contributed by atoms with Crippen LogP contribution in [0.25, 0.3) is 0 Å². The summed E-state index contributed by atoms with van der Waals surface area (Å²) in [7, 11) is 0. The van der Waals surface area contributed by atoms with Crippen LogP contribution in [0.1, 0.15) is 111 Å². The molecule has 5 rings (SSSR count). The van der Waals surface area contributed by atoms with E-state index in [1.807, 2.05) is 0 Å². The second-order valence-corrected chi connectivity index (χ2v) is 13.5. The van der Waals surface area contributed by atoms with Gasteiger partial charge in [0, 0.05) is 0 Å². The van der Waals surface area contributed by atoms with Crippen LogP contribution in [-0.2, 0) is 0 Å². The van der Waals surface area contributed by atoms with E-state index in [0.717, 1.165) is 54.8 Å². The molecule has 5 aliphatic carbocycles. The maximum atomic E-state index is 10.8. The van der Waals surface area contributed by atoms with E-state index in [1.54, 1.807) is 0 Å². The van der Waals surface area contributed by atoms with Crippen LogP contribution in [0.3, 0.4) is 0 Å². The molecule has 0 bridgehead atoms. The van der Waals surface area contributed by atoms with Gasteiger partial charge in [0.2, 0.25) is 0 Å². The van der Waals surface area contributed by atoms with Crippen LogP contribution in [-0.4, -0.2) is 21.9 Å². The first-order valence-electron chi connectivity index (χ1n) is 13.6. The molecule has 2 N–H and O–H groups in total. The fourth-order valence-corrected chi connectivity index (χ4v) is 9.84. The Hall–Kier alpha value is -0.0800. The molecule has 5 aliphatic rings. The zero-order chi connectivity index (χ0) is 21.3. The van der Waals surface area contributed by atoms with Gasteiger partial charge in [-0.1, -0.05) is 20.8 Å². The first-order chi connectivity index (χ1) is 14.1. The summed E-state index contributed by atoms with van der Waals surface area (Å²) >= 11 is 0. The minimum Gasteiger partial charge on any atom is -0.393 e. The molecule has 5 saturated carbocycles.